The van der Waals surface area contributed by atoms with E-state index in [0.29, 0.717) is 56.2 Å². The second-order valence-corrected chi connectivity index (χ2v) is 22.7. The molecule has 3 aliphatic heterocycles. The van der Waals surface area contributed by atoms with Crippen LogP contribution in [0.1, 0.15) is 109 Å². The molecule has 1 saturated carbocycles. The molecule has 3 saturated heterocycles. The minimum Gasteiger partial charge on any atom is -0.477 e. The van der Waals surface area contributed by atoms with Crippen LogP contribution in [0, 0.1) is 17.8 Å². The number of aryl methyl sites for hydroxylation is 1. The highest BCUT2D eigenvalue weighted by Gasteiger charge is 2.57. The molecule has 6 N–H and O–H groups in total. The van der Waals surface area contributed by atoms with Gasteiger partial charge in [-0.05, 0) is 124 Å². The van der Waals surface area contributed by atoms with Gasteiger partial charge in [0.1, 0.15) is 35.6 Å². The molecule has 4 aliphatic rings. The quantitative estimate of drug-likeness (QED) is 0.104. The van der Waals surface area contributed by atoms with Gasteiger partial charge in [0.05, 0.1) is 47.9 Å². The number of aromatic carboxylic acids is 1. The second kappa shape index (κ2) is 25.3. The standard InChI is InChI=1S/C54H87N5O16/c1-29-26-53(7,67)49(75-52-45(62)39(56(8)9)23-30(2)70-52)31(3)46(32(4)51(66)72-41-18-20-54(41,68)48(63)33(5)58(12)27-29)74-43-25-40(69-13)47(34(6)71-43)73-42(60)19-22-55-21-14-15-35-16-17-38-36(24-35)44(61)37(50(64)65)28-59(38)57(10)11/h16-17,24,28-34,39-41,43,45-49,52,55,62-63,67-68H,14-15,18-23,25-27H2,1-13H3,(H,64,65)/t29-,30-,31+,32-,33-,34+,39+,40-,41-,43+,45-,46+,47+,48-,49-,52+,53-,54-/m1/s1. The zero-order valence-electron chi connectivity index (χ0n) is 46.3. The van der Waals surface area contributed by atoms with Crippen molar-refractivity contribution in [3.8, 4) is 0 Å². The average Bonchev–Trinajstić information content (AvgIpc) is 3.34. The zero-order chi connectivity index (χ0) is 55.4. The lowest BCUT2D eigenvalue weighted by Gasteiger charge is -2.50. The van der Waals surface area contributed by atoms with Crippen LogP contribution in [-0.4, -0.2) is 211 Å². The number of aliphatic hydroxyl groups is 4. The number of carboxylic acids is 1. The van der Waals surface area contributed by atoms with Gasteiger partial charge in [-0.15, -0.1) is 0 Å². The summed E-state index contributed by atoms with van der Waals surface area (Å²) in [6, 6.07) is 4.60. The topological polar surface area (TPSA) is 261 Å². The molecule has 1 aromatic carbocycles. The summed E-state index contributed by atoms with van der Waals surface area (Å²) < 4.78 is 45.9. The van der Waals surface area contributed by atoms with E-state index >= 15 is 0 Å². The molecule has 75 heavy (non-hydrogen) atoms. The summed E-state index contributed by atoms with van der Waals surface area (Å²) >= 11 is 0. The van der Waals surface area contributed by atoms with Crippen LogP contribution >= 0.6 is 0 Å². The van der Waals surface area contributed by atoms with Gasteiger partial charge in [-0.1, -0.05) is 19.9 Å². The molecule has 4 fully saturated rings. The fourth-order valence-electron chi connectivity index (χ4n) is 11.8. The number of esters is 2. The first kappa shape index (κ1) is 60.4. The summed E-state index contributed by atoms with van der Waals surface area (Å²) in [6.45, 7) is 13.8. The number of rotatable bonds is 16. The number of benzene rings is 1. The molecular weight excluding hydrogens is 975 g/mol. The van der Waals surface area contributed by atoms with Gasteiger partial charge in [-0.3, -0.25) is 19.1 Å². The number of ether oxygens (including phenoxy) is 7. The number of aromatic nitrogens is 1. The Labute approximate surface area is 441 Å². The molecule has 21 nitrogen and oxygen atoms in total. The van der Waals surface area contributed by atoms with E-state index in [4.69, 9.17) is 33.2 Å². The van der Waals surface area contributed by atoms with Crippen molar-refractivity contribution >= 4 is 28.8 Å². The maximum Gasteiger partial charge on any atom is 0.341 e. The van der Waals surface area contributed by atoms with Crippen LogP contribution in [-0.2, 0) is 49.2 Å². The highest BCUT2D eigenvalue weighted by Crippen LogP contribution is 2.43. The van der Waals surface area contributed by atoms with Crippen LogP contribution in [0.25, 0.3) is 10.9 Å². The number of hydrogen-bond acceptors (Lipinski definition) is 19. The van der Waals surface area contributed by atoms with Crippen molar-refractivity contribution < 1.29 is 73.1 Å². The van der Waals surface area contributed by atoms with Gasteiger partial charge in [0.15, 0.2) is 18.7 Å². The zero-order valence-corrected chi connectivity index (χ0v) is 46.3. The molecule has 0 amide bonds. The maximum atomic E-state index is 14.4. The summed E-state index contributed by atoms with van der Waals surface area (Å²) in [5, 5.41) is 62.7. The van der Waals surface area contributed by atoms with Crippen molar-refractivity contribution in [2.45, 2.75) is 191 Å². The molecule has 424 valence electrons. The van der Waals surface area contributed by atoms with Crippen molar-refractivity contribution in [1.82, 2.24) is 19.8 Å². The minimum absolute atomic E-state index is 0.0482. The van der Waals surface area contributed by atoms with Crippen molar-refractivity contribution in [3.63, 3.8) is 0 Å². The summed E-state index contributed by atoms with van der Waals surface area (Å²) in [5.41, 5.74) is -2.69. The molecule has 0 unspecified atom stereocenters. The molecule has 18 atom stereocenters. The van der Waals surface area contributed by atoms with Crippen LogP contribution in [0.3, 0.4) is 0 Å². The summed E-state index contributed by atoms with van der Waals surface area (Å²) in [7, 11) is 10.6. The van der Waals surface area contributed by atoms with Gasteiger partial charge in [-0.25, -0.2) is 4.79 Å². The normalized spacial score (nSPS) is 37.4. The third-order valence-corrected chi connectivity index (χ3v) is 16.2. The number of pyridine rings is 1. The number of nitrogens with one attached hydrogen (secondary N) is 1. The van der Waals surface area contributed by atoms with E-state index in [1.807, 2.05) is 57.8 Å². The van der Waals surface area contributed by atoms with Crippen LogP contribution in [0.5, 0.6) is 0 Å². The number of fused-ring (bicyclic) bond motifs is 2. The summed E-state index contributed by atoms with van der Waals surface area (Å²) in [4.78, 5) is 56.4. The molecule has 0 bridgehead atoms. The highest BCUT2D eigenvalue weighted by atomic mass is 16.7. The van der Waals surface area contributed by atoms with Crippen LogP contribution in [0.15, 0.2) is 29.2 Å². The molecule has 4 heterocycles. The smallest absolute Gasteiger partial charge is 0.341 e. The largest absolute Gasteiger partial charge is 0.477 e. The van der Waals surface area contributed by atoms with E-state index in [9.17, 15) is 44.7 Å². The van der Waals surface area contributed by atoms with Crippen molar-refractivity contribution in [3.05, 3.63) is 45.7 Å². The average molecular weight is 1060 g/mol. The molecule has 1 aliphatic carbocycles. The first-order chi connectivity index (χ1) is 35.2. The van der Waals surface area contributed by atoms with Crippen molar-refractivity contribution in [1.29, 1.82) is 0 Å². The Morgan fingerprint density at radius 3 is 2.29 bits per heavy atom. The Hall–Kier alpha value is -3.84. The molecule has 2 aromatic rings. The molecular formula is C54H87N5O16. The van der Waals surface area contributed by atoms with Gasteiger partial charge in [0.2, 0.25) is 5.43 Å². The summed E-state index contributed by atoms with van der Waals surface area (Å²) in [6.07, 6.45) is -6.19. The fraction of sp³-hybridized carbons (Fsp3) is 0.778. The van der Waals surface area contributed by atoms with Crippen LogP contribution in [0.2, 0.25) is 0 Å². The molecule has 21 heteroatoms. The number of carboxylic acid groups (broad SMARTS) is 1. The Morgan fingerprint density at radius 1 is 0.960 bits per heavy atom. The van der Waals surface area contributed by atoms with Crippen molar-refractivity contribution in [2.24, 2.45) is 17.8 Å². The van der Waals surface area contributed by atoms with Crippen LogP contribution in [0.4, 0.5) is 0 Å². The van der Waals surface area contributed by atoms with Crippen molar-refractivity contribution in [2.75, 3.05) is 67.0 Å². The maximum absolute atomic E-state index is 14.4. The number of likely N-dealkylation sites (N-methyl/N-ethyl adjacent to an activating group) is 2. The van der Waals surface area contributed by atoms with E-state index in [1.165, 1.54) is 13.3 Å². The number of carbonyl (C=O) groups is 3. The lowest BCUT2D eigenvalue weighted by atomic mass is 9.71. The van der Waals surface area contributed by atoms with E-state index in [-0.39, 0.29) is 49.3 Å². The van der Waals surface area contributed by atoms with Gasteiger partial charge in [0, 0.05) is 70.3 Å². The number of hydrogen-bond donors (Lipinski definition) is 6. The fourth-order valence-corrected chi connectivity index (χ4v) is 11.8. The lowest BCUT2D eigenvalue weighted by molar-refractivity contribution is -0.312. The Kier molecular flexibility index (Phi) is 20.4. The number of nitrogens with zero attached hydrogens (tertiary/aromatic N) is 4. The lowest BCUT2D eigenvalue weighted by Crippen LogP contribution is -2.66. The Bertz CT molecular complexity index is 2320. The van der Waals surface area contributed by atoms with E-state index in [0.717, 1.165) is 5.56 Å². The van der Waals surface area contributed by atoms with E-state index in [2.05, 4.69) is 5.32 Å². The monoisotopic (exact) mass is 1060 g/mol. The minimum atomic E-state index is -1.69. The number of carbonyl (C=O) groups excluding carboxylic acids is 2. The van der Waals surface area contributed by atoms with Gasteiger partial charge in [0.25, 0.3) is 0 Å². The third kappa shape index (κ3) is 13.9. The predicted molar refractivity (Wildman–Crippen MR) is 278 cm³/mol. The number of methoxy groups -OCH3 is 1. The van der Waals surface area contributed by atoms with Crippen LogP contribution < -0.4 is 15.8 Å². The summed E-state index contributed by atoms with van der Waals surface area (Å²) in [5.74, 6) is -4.51. The van der Waals surface area contributed by atoms with Gasteiger partial charge in [-0.2, -0.15) is 0 Å². The molecule has 6 rings (SSSR count). The van der Waals surface area contributed by atoms with Gasteiger partial charge >= 0.3 is 17.9 Å². The second-order valence-electron chi connectivity index (χ2n) is 22.7. The highest BCUT2D eigenvalue weighted by molar-refractivity contribution is 5.92. The first-order valence-electron chi connectivity index (χ1n) is 26.7. The third-order valence-electron chi connectivity index (χ3n) is 16.2. The molecule has 1 aromatic heterocycles. The first-order valence-corrected chi connectivity index (χ1v) is 26.7. The predicted octanol–water partition coefficient (Wildman–Crippen LogP) is 2.25. The Balaban J connectivity index is 1.14. The SMILES string of the molecule is CO[C@@H]1C[C@H](O[C@H]2[C@H](C)[C@@H](O[C@@H]3O[C@H](C)C[C@H](N(C)C)[C@H]3O)[C@](C)(O)C[C@@H](C)CN(C)[C@H](C)[C@@H](O)[C@@]3(O)CC[C@H]3OC(=O)[C@@H]2C)O[C@@H](C)[C@@H]1OC(=O)CCNCCCc1ccc2c(c1)c(=O)c(C(=O)O)cn2N(C)C. The molecule has 0 radical (unpaired) electrons. The van der Waals surface area contributed by atoms with Gasteiger partial charge < -0.3 is 78.8 Å². The number of aliphatic hydroxyl groups excluding tert-OH is 2. The van der Waals surface area contributed by atoms with E-state index in [1.54, 1.807) is 63.6 Å². The van der Waals surface area contributed by atoms with E-state index < -0.39 is 114 Å². The Morgan fingerprint density at radius 2 is 1.67 bits per heavy atom. The molecule has 0 spiro atoms.